The maximum atomic E-state index is 12.3. The van der Waals surface area contributed by atoms with Crippen molar-refractivity contribution < 1.29 is 19.1 Å². The van der Waals surface area contributed by atoms with Gasteiger partial charge in [-0.1, -0.05) is 54.2 Å². The number of fused-ring (bicyclic) bond motifs is 1. The van der Waals surface area contributed by atoms with Crippen molar-refractivity contribution in [3.05, 3.63) is 71.8 Å². The maximum Gasteiger partial charge on any atom is 0.250 e. The lowest BCUT2D eigenvalue weighted by Gasteiger charge is -2.17. The van der Waals surface area contributed by atoms with Gasteiger partial charge in [-0.25, -0.2) is 4.99 Å². The van der Waals surface area contributed by atoms with Crippen LogP contribution in [0.15, 0.2) is 70.7 Å². The van der Waals surface area contributed by atoms with Crippen LogP contribution < -0.4 is 10.1 Å². The number of nitrogens with zero attached hydrogens (tertiary/aromatic N) is 2. The Labute approximate surface area is 208 Å². The number of dihydropyridines is 1. The lowest BCUT2D eigenvalue weighted by Crippen LogP contribution is -2.22. The normalized spacial score (nSPS) is 20.6. The van der Waals surface area contributed by atoms with E-state index >= 15 is 0 Å². The van der Waals surface area contributed by atoms with Gasteiger partial charge in [0.1, 0.15) is 29.6 Å². The van der Waals surface area contributed by atoms with Gasteiger partial charge in [0.2, 0.25) is 11.8 Å². The SMILES string of the molecule is Cc1ccc(NC(=O)COCc2ccccc2)cc1OC1=NC2SC(CC(=O)C3CC3)=NC2C=C1. The fraction of sp³-hybridized carbons (Fsp3) is 0.333. The number of anilines is 1. The minimum Gasteiger partial charge on any atom is -0.439 e. The standard InChI is InChI=1S/C27H27N3O4S/c1-17-7-10-20(28-24(32)16-33-15-18-5-3-2-4-6-18)13-23(17)34-25-12-11-21-27(30-25)35-26(29-21)14-22(31)19-8-9-19/h2-7,10-13,19,21,27H,8-9,14-16H2,1H3,(H,28,32). The third kappa shape index (κ3) is 6.26. The molecule has 0 spiro atoms. The molecule has 2 aromatic rings. The summed E-state index contributed by atoms with van der Waals surface area (Å²) in [5.41, 5.74) is 2.56. The van der Waals surface area contributed by atoms with Gasteiger partial charge in [-0.05, 0) is 43.0 Å². The number of hydrogen-bond donors (Lipinski definition) is 1. The number of amides is 1. The number of carbonyl (C=O) groups excluding carboxylic acids is 2. The molecule has 2 aromatic carbocycles. The number of benzene rings is 2. The highest BCUT2D eigenvalue weighted by Crippen LogP contribution is 2.36. The third-order valence-electron chi connectivity index (χ3n) is 5.92. The van der Waals surface area contributed by atoms with Crippen molar-refractivity contribution in [3.63, 3.8) is 0 Å². The van der Waals surface area contributed by atoms with Gasteiger partial charge in [-0.2, -0.15) is 0 Å². The Bertz CT molecular complexity index is 1200. The lowest BCUT2D eigenvalue weighted by atomic mass is 10.2. The molecular weight excluding hydrogens is 462 g/mol. The van der Waals surface area contributed by atoms with Crippen LogP contribution in [0.4, 0.5) is 5.69 Å². The Kier molecular flexibility index (Phi) is 7.11. The average molecular weight is 490 g/mol. The second kappa shape index (κ2) is 10.6. The van der Waals surface area contributed by atoms with Crippen LogP contribution in [-0.4, -0.2) is 40.7 Å². The van der Waals surface area contributed by atoms with Crippen LogP contribution in [0.1, 0.15) is 30.4 Å². The topological polar surface area (TPSA) is 89.4 Å². The van der Waals surface area contributed by atoms with Crippen LogP contribution in [0.3, 0.4) is 0 Å². The number of aliphatic imine (C=N–C) groups is 2. The van der Waals surface area contributed by atoms with Gasteiger partial charge < -0.3 is 14.8 Å². The molecule has 1 aliphatic carbocycles. The van der Waals surface area contributed by atoms with E-state index in [0.29, 0.717) is 36.1 Å². The number of Topliss-reactive ketones (excluding diaryl/α,β-unsaturated/α-hetero) is 1. The third-order valence-corrected chi connectivity index (χ3v) is 7.07. The minimum atomic E-state index is -0.235. The first-order chi connectivity index (χ1) is 17.0. The van der Waals surface area contributed by atoms with Crippen molar-refractivity contribution in [2.24, 2.45) is 15.9 Å². The summed E-state index contributed by atoms with van der Waals surface area (Å²) in [7, 11) is 0. The highest BCUT2D eigenvalue weighted by Gasteiger charge is 2.35. The Morgan fingerprint density at radius 1 is 1.11 bits per heavy atom. The van der Waals surface area contributed by atoms with Crippen LogP contribution in [0, 0.1) is 12.8 Å². The van der Waals surface area contributed by atoms with Crippen molar-refractivity contribution >= 4 is 40.1 Å². The zero-order valence-electron chi connectivity index (χ0n) is 19.5. The molecule has 1 N–H and O–H groups in total. The number of hydrogen-bond acceptors (Lipinski definition) is 7. The van der Waals surface area contributed by atoms with Crippen LogP contribution in [0.25, 0.3) is 0 Å². The average Bonchev–Trinajstić information content (AvgIpc) is 3.63. The summed E-state index contributed by atoms with van der Waals surface area (Å²) in [6, 6.07) is 15.2. The number of nitrogens with one attached hydrogen (secondary N) is 1. The second-order valence-electron chi connectivity index (χ2n) is 8.87. The largest absolute Gasteiger partial charge is 0.439 e. The van der Waals surface area contributed by atoms with Gasteiger partial charge in [0.05, 0.1) is 18.1 Å². The van der Waals surface area contributed by atoms with Crippen molar-refractivity contribution in [1.29, 1.82) is 0 Å². The first-order valence-corrected chi connectivity index (χ1v) is 12.6. The van der Waals surface area contributed by atoms with Gasteiger partial charge in [0.25, 0.3) is 0 Å². The Balaban J connectivity index is 1.15. The molecule has 2 aliphatic heterocycles. The molecular formula is C27H27N3O4S. The van der Waals surface area contributed by atoms with E-state index in [9.17, 15) is 9.59 Å². The Morgan fingerprint density at radius 3 is 2.74 bits per heavy atom. The van der Waals surface area contributed by atoms with E-state index in [0.717, 1.165) is 29.0 Å². The summed E-state index contributed by atoms with van der Waals surface area (Å²) in [5, 5.41) is 3.61. The molecule has 0 aromatic heterocycles. The van der Waals surface area contributed by atoms with E-state index < -0.39 is 0 Å². The Hall–Kier alpha value is -3.23. The number of thioether (sulfide) groups is 1. The molecule has 2 heterocycles. The summed E-state index contributed by atoms with van der Waals surface area (Å²) >= 11 is 1.54. The highest BCUT2D eigenvalue weighted by atomic mass is 32.2. The fourth-order valence-corrected chi connectivity index (χ4v) is 4.97. The van der Waals surface area contributed by atoms with Crippen LogP contribution in [0.2, 0.25) is 0 Å². The van der Waals surface area contributed by atoms with Crippen molar-refractivity contribution in [2.45, 2.75) is 44.2 Å². The number of ketones is 1. The van der Waals surface area contributed by atoms with Gasteiger partial charge in [0, 0.05) is 17.7 Å². The molecule has 5 rings (SSSR count). The molecule has 2 atom stereocenters. The molecule has 35 heavy (non-hydrogen) atoms. The maximum absolute atomic E-state index is 12.3. The van der Waals surface area contributed by atoms with Crippen molar-refractivity contribution in [2.75, 3.05) is 11.9 Å². The monoisotopic (exact) mass is 489 g/mol. The van der Waals surface area contributed by atoms with Crippen molar-refractivity contribution in [1.82, 2.24) is 0 Å². The number of rotatable bonds is 9. The van der Waals surface area contributed by atoms with E-state index in [1.165, 1.54) is 0 Å². The van der Waals surface area contributed by atoms with Gasteiger partial charge >= 0.3 is 0 Å². The van der Waals surface area contributed by atoms with Crippen LogP contribution in [0.5, 0.6) is 5.75 Å². The van der Waals surface area contributed by atoms with Crippen LogP contribution in [-0.2, 0) is 20.9 Å². The molecule has 0 saturated heterocycles. The first-order valence-electron chi connectivity index (χ1n) is 11.8. The Morgan fingerprint density at radius 2 is 1.94 bits per heavy atom. The zero-order valence-corrected chi connectivity index (χ0v) is 20.3. The van der Waals surface area contributed by atoms with Gasteiger partial charge in [-0.15, -0.1) is 0 Å². The van der Waals surface area contributed by atoms with E-state index in [4.69, 9.17) is 14.5 Å². The number of carbonyl (C=O) groups is 2. The molecule has 0 bridgehead atoms. The van der Waals surface area contributed by atoms with E-state index in [-0.39, 0.29) is 29.8 Å². The van der Waals surface area contributed by atoms with Gasteiger partial charge in [-0.3, -0.25) is 14.6 Å². The lowest BCUT2D eigenvalue weighted by molar-refractivity contribution is -0.121. The smallest absolute Gasteiger partial charge is 0.250 e. The predicted octanol–water partition coefficient (Wildman–Crippen LogP) is 4.71. The zero-order chi connectivity index (χ0) is 24.2. The predicted molar refractivity (Wildman–Crippen MR) is 138 cm³/mol. The van der Waals surface area contributed by atoms with Crippen molar-refractivity contribution in [3.8, 4) is 5.75 Å². The van der Waals surface area contributed by atoms with E-state index in [2.05, 4.69) is 10.3 Å². The number of aryl methyl sites for hydroxylation is 1. The molecule has 2 unspecified atom stereocenters. The number of ether oxygens (including phenoxy) is 2. The highest BCUT2D eigenvalue weighted by molar-refractivity contribution is 8.14. The summed E-state index contributed by atoms with van der Waals surface area (Å²) < 4.78 is 11.6. The summed E-state index contributed by atoms with van der Waals surface area (Å²) in [4.78, 5) is 33.8. The summed E-state index contributed by atoms with van der Waals surface area (Å²) in [6.45, 7) is 2.28. The molecule has 3 aliphatic rings. The van der Waals surface area contributed by atoms with E-state index in [1.54, 1.807) is 17.8 Å². The second-order valence-corrected chi connectivity index (χ2v) is 10.1. The molecule has 1 fully saturated rings. The summed E-state index contributed by atoms with van der Waals surface area (Å²) in [5.74, 6) is 1.40. The van der Waals surface area contributed by atoms with Crippen LogP contribution >= 0.6 is 11.8 Å². The molecule has 8 heteroatoms. The molecule has 1 saturated carbocycles. The molecule has 180 valence electrons. The summed E-state index contributed by atoms with van der Waals surface area (Å²) in [6.07, 6.45) is 6.23. The fourth-order valence-electron chi connectivity index (χ4n) is 3.84. The molecule has 0 radical (unpaired) electrons. The van der Waals surface area contributed by atoms with Gasteiger partial charge in [0.15, 0.2) is 0 Å². The molecule has 1 amide bonds. The quantitative estimate of drug-likeness (QED) is 0.551. The minimum absolute atomic E-state index is 0.0414. The first kappa shape index (κ1) is 23.5. The van der Waals surface area contributed by atoms with E-state index in [1.807, 2.05) is 61.5 Å². The molecule has 7 nitrogen and oxygen atoms in total.